The molecule has 154 valence electrons. The fourth-order valence-corrected chi connectivity index (χ4v) is 4.39. The molecule has 1 amide bonds. The Morgan fingerprint density at radius 1 is 1.10 bits per heavy atom. The van der Waals surface area contributed by atoms with Gasteiger partial charge in [-0.2, -0.15) is 0 Å². The van der Waals surface area contributed by atoms with Crippen molar-refractivity contribution < 1.29 is 9.72 Å². The van der Waals surface area contributed by atoms with Crippen molar-refractivity contribution in [1.29, 1.82) is 0 Å². The van der Waals surface area contributed by atoms with Crippen molar-refractivity contribution in [2.75, 3.05) is 30.3 Å². The normalized spacial score (nSPS) is 14.3. The summed E-state index contributed by atoms with van der Waals surface area (Å²) in [4.78, 5) is 26.9. The first-order valence-electron chi connectivity index (χ1n) is 9.74. The molecule has 0 saturated carbocycles. The second-order valence-corrected chi connectivity index (χ2v) is 9.00. The zero-order valence-electron chi connectivity index (χ0n) is 16.1. The van der Waals surface area contributed by atoms with Crippen LogP contribution in [0, 0.1) is 10.1 Å². The Bertz CT molecular complexity index is 853. The summed E-state index contributed by atoms with van der Waals surface area (Å²) in [5.74, 6) is 0.438. The van der Waals surface area contributed by atoms with E-state index < -0.39 is 0 Å². The minimum absolute atomic E-state index is 0.00351. The summed E-state index contributed by atoms with van der Waals surface area (Å²) in [6, 6.07) is 12.8. The molecule has 0 unspecified atom stereocenters. The Morgan fingerprint density at radius 3 is 2.45 bits per heavy atom. The van der Waals surface area contributed by atoms with Gasteiger partial charge in [-0.25, -0.2) is 0 Å². The number of hydrogen-bond donors (Lipinski definition) is 1. The molecule has 8 heteroatoms. The average Bonchev–Trinajstić information content (AvgIpc) is 3.01. The van der Waals surface area contributed by atoms with Gasteiger partial charge in [0.2, 0.25) is 0 Å². The summed E-state index contributed by atoms with van der Waals surface area (Å²) in [5, 5.41) is 14.5. The number of nitrogens with zero attached hydrogens (tertiary/aromatic N) is 2. The molecule has 29 heavy (non-hydrogen) atoms. The topological polar surface area (TPSA) is 75.5 Å². The number of nitro groups is 1. The molecular weight excluding hydrogens is 454 g/mol. The average molecular weight is 478 g/mol. The van der Waals surface area contributed by atoms with Gasteiger partial charge in [0.15, 0.2) is 0 Å². The van der Waals surface area contributed by atoms with E-state index in [2.05, 4.69) is 26.1 Å². The molecule has 0 bridgehead atoms. The van der Waals surface area contributed by atoms with E-state index in [4.69, 9.17) is 0 Å². The lowest BCUT2D eigenvalue weighted by atomic mass is 10.1. The van der Waals surface area contributed by atoms with Crippen LogP contribution in [0.2, 0.25) is 0 Å². The number of nitrogens with one attached hydrogen (secondary N) is 1. The fraction of sp³-hybridized carbons (Fsp3) is 0.381. The third-order valence-electron chi connectivity index (χ3n) is 4.85. The molecule has 2 aromatic rings. The summed E-state index contributed by atoms with van der Waals surface area (Å²) in [5.41, 5.74) is 0.937. The van der Waals surface area contributed by atoms with E-state index in [1.807, 2.05) is 24.3 Å². The minimum Gasteiger partial charge on any atom is -0.366 e. The Kier molecular flexibility index (Phi) is 7.94. The Hall–Kier alpha value is -2.06. The Morgan fingerprint density at radius 2 is 1.79 bits per heavy atom. The predicted molar refractivity (Wildman–Crippen MR) is 121 cm³/mol. The third-order valence-corrected chi connectivity index (χ3v) is 6.39. The third kappa shape index (κ3) is 6.21. The molecule has 0 atom stereocenters. The van der Waals surface area contributed by atoms with Crippen molar-refractivity contribution in [1.82, 2.24) is 5.32 Å². The van der Waals surface area contributed by atoms with E-state index in [1.165, 1.54) is 6.07 Å². The zero-order chi connectivity index (χ0) is 20.6. The van der Waals surface area contributed by atoms with Crippen LogP contribution in [0.1, 0.15) is 36.0 Å². The highest BCUT2D eigenvalue weighted by molar-refractivity contribution is 9.10. The van der Waals surface area contributed by atoms with Crippen LogP contribution in [0.15, 0.2) is 51.8 Å². The highest BCUT2D eigenvalue weighted by atomic mass is 79.9. The van der Waals surface area contributed by atoms with Crippen LogP contribution in [-0.2, 0) is 0 Å². The summed E-state index contributed by atoms with van der Waals surface area (Å²) in [6.45, 7) is 2.13. The lowest BCUT2D eigenvalue weighted by Gasteiger charge is -2.22. The molecule has 1 fully saturated rings. The summed E-state index contributed by atoms with van der Waals surface area (Å²) < 4.78 is 1.03. The van der Waals surface area contributed by atoms with Crippen LogP contribution in [0.4, 0.5) is 11.4 Å². The second kappa shape index (κ2) is 10.6. The number of carbonyl (C=O) groups is 1. The van der Waals surface area contributed by atoms with Crippen molar-refractivity contribution in [2.45, 2.75) is 30.6 Å². The highest BCUT2D eigenvalue weighted by Crippen LogP contribution is 2.31. The maximum atomic E-state index is 12.5. The van der Waals surface area contributed by atoms with Gasteiger partial charge in [0.1, 0.15) is 5.69 Å². The van der Waals surface area contributed by atoms with Gasteiger partial charge in [-0.3, -0.25) is 14.9 Å². The number of hydrogen-bond acceptors (Lipinski definition) is 5. The van der Waals surface area contributed by atoms with E-state index in [0.717, 1.165) is 53.9 Å². The zero-order valence-corrected chi connectivity index (χ0v) is 18.5. The summed E-state index contributed by atoms with van der Waals surface area (Å²) in [7, 11) is 0. The van der Waals surface area contributed by atoms with E-state index in [1.54, 1.807) is 23.9 Å². The number of nitro benzene ring substituents is 1. The molecule has 0 spiro atoms. The summed E-state index contributed by atoms with van der Waals surface area (Å²) in [6.07, 6.45) is 4.39. The van der Waals surface area contributed by atoms with Crippen molar-refractivity contribution in [3.8, 4) is 0 Å². The van der Waals surface area contributed by atoms with Gasteiger partial charge in [0, 0.05) is 46.4 Å². The molecule has 0 aliphatic carbocycles. The molecule has 1 N–H and O–H groups in total. The molecule has 1 saturated heterocycles. The first-order chi connectivity index (χ1) is 14.0. The van der Waals surface area contributed by atoms with Crippen molar-refractivity contribution >= 4 is 45.0 Å². The predicted octanol–water partition coefficient (Wildman–Crippen LogP) is 5.26. The number of amides is 1. The maximum Gasteiger partial charge on any atom is 0.293 e. The van der Waals surface area contributed by atoms with Gasteiger partial charge >= 0.3 is 0 Å². The van der Waals surface area contributed by atoms with E-state index >= 15 is 0 Å². The van der Waals surface area contributed by atoms with Crippen LogP contribution < -0.4 is 10.2 Å². The van der Waals surface area contributed by atoms with Crippen LogP contribution in [0.25, 0.3) is 0 Å². The standard InChI is InChI=1S/C21H24BrN3O3S/c22-17-6-8-18(9-7-17)29-14-11-23-21(26)16-5-10-19(20(15-16)25(27)28)24-12-3-1-2-4-13-24/h5-10,15H,1-4,11-14H2,(H,23,26). The molecular formula is C21H24BrN3O3S. The van der Waals surface area contributed by atoms with Crippen LogP contribution >= 0.6 is 27.7 Å². The van der Waals surface area contributed by atoms with Gasteiger partial charge in [0.05, 0.1) is 4.92 Å². The van der Waals surface area contributed by atoms with Gasteiger partial charge in [-0.05, 0) is 49.2 Å². The van der Waals surface area contributed by atoms with Crippen LogP contribution in [-0.4, -0.2) is 36.2 Å². The number of carbonyl (C=O) groups excluding carboxylic acids is 1. The largest absolute Gasteiger partial charge is 0.366 e. The molecule has 2 aromatic carbocycles. The number of rotatable bonds is 7. The number of thioether (sulfide) groups is 1. The van der Waals surface area contributed by atoms with Gasteiger partial charge in [-0.15, -0.1) is 11.8 Å². The molecule has 1 aliphatic heterocycles. The Balaban J connectivity index is 1.60. The monoisotopic (exact) mass is 477 g/mol. The smallest absolute Gasteiger partial charge is 0.293 e. The second-order valence-electron chi connectivity index (χ2n) is 6.92. The molecule has 6 nitrogen and oxygen atoms in total. The summed E-state index contributed by atoms with van der Waals surface area (Å²) >= 11 is 5.05. The van der Waals surface area contributed by atoms with Gasteiger partial charge in [0.25, 0.3) is 11.6 Å². The molecule has 1 heterocycles. The first-order valence-corrected chi connectivity index (χ1v) is 11.5. The first kappa shape index (κ1) is 21.6. The molecule has 3 rings (SSSR count). The van der Waals surface area contributed by atoms with Crippen LogP contribution in [0.5, 0.6) is 0 Å². The Labute approximate surface area is 183 Å². The van der Waals surface area contributed by atoms with E-state index in [-0.39, 0.29) is 16.5 Å². The quantitative estimate of drug-likeness (QED) is 0.254. The van der Waals surface area contributed by atoms with Gasteiger partial charge < -0.3 is 10.2 Å². The molecule has 0 aromatic heterocycles. The lowest BCUT2D eigenvalue weighted by molar-refractivity contribution is -0.384. The van der Waals surface area contributed by atoms with E-state index in [0.29, 0.717) is 17.8 Å². The highest BCUT2D eigenvalue weighted by Gasteiger charge is 2.22. The number of benzene rings is 2. The van der Waals surface area contributed by atoms with Gasteiger partial charge in [-0.1, -0.05) is 28.8 Å². The fourth-order valence-electron chi connectivity index (χ4n) is 3.36. The minimum atomic E-state index is -0.389. The number of halogens is 1. The number of anilines is 1. The molecule has 0 radical (unpaired) electrons. The van der Waals surface area contributed by atoms with Crippen molar-refractivity contribution in [2.24, 2.45) is 0 Å². The lowest BCUT2D eigenvalue weighted by Crippen LogP contribution is -2.27. The maximum absolute atomic E-state index is 12.5. The SMILES string of the molecule is O=C(NCCSc1ccc(Br)cc1)c1ccc(N2CCCCCC2)c([N+](=O)[O-])c1. The van der Waals surface area contributed by atoms with Crippen molar-refractivity contribution in [3.63, 3.8) is 0 Å². The van der Waals surface area contributed by atoms with Crippen LogP contribution in [0.3, 0.4) is 0 Å². The van der Waals surface area contributed by atoms with E-state index in [9.17, 15) is 14.9 Å². The molecule has 1 aliphatic rings. The van der Waals surface area contributed by atoms with Crippen molar-refractivity contribution in [3.05, 3.63) is 62.6 Å².